The molecule has 1 aromatic heterocycles. The Morgan fingerprint density at radius 2 is 2.33 bits per heavy atom. The number of likely N-dealkylation sites (N-methyl/N-ethyl adjacent to an activating group) is 1. The van der Waals surface area contributed by atoms with Gasteiger partial charge >= 0.3 is 0 Å². The molecule has 0 amide bonds. The van der Waals surface area contributed by atoms with Crippen LogP contribution in [0, 0.1) is 5.82 Å². The van der Waals surface area contributed by atoms with Crippen molar-refractivity contribution in [1.29, 1.82) is 0 Å². The zero-order chi connectivity index (χ0) is 13.0. The van der Waals surface area contributed by atoms with Gasteiger partial charge in [0.2, 0.25) is 5.95 Å². The number of nitrogens with two attached hydrogens (primary N) is 1. The fourth-order valence-electron chi connectivity index (χ4n) is 1.92. The van der Waals surface area contributed by atoms with Crippen LogP contribution in [0.15, 0.2) is 6.20 Å². The third-order valence-electron chi connectivity index (χ3n) is 3.03. The number of nitrogen functional groups attached to an aromatic ring is 1. The molecule has 0 aliphatic heterocycles. The third-order valence-corrected chi connectivity index (χ3v) is 3.03. The van der Waals surface area contributed by atoms with E-state index in [-0.39, 0.29) is 11.8 Å². The van der Waals surface area contributed by atoms with E-state index in [1.807, 2.05) is 0 Å². The van der Waals surface area contributed by atoms with Crippen LogP contribution in [-0.2, 0) is 0 Å². The number of nitrogens with one attached hydrogen (secondary N) is 2. The Labute approximate surface area is 106 Å². The summed E-state index contributed by atoms with van der Waals surface area (Å²) in [6.45, 7) is 4.70. The number of hydrazine groups is 1. The van der Waals surface area contributed by atoms with E-state index >= 15 is 0 Å². The van der Waals surface area contributed by atoms with Crippen molar-refractivity contribution in [2.24, 2.45) is 5.84 Å². The fourth-order valence-corrected chi connectivity index (χ4v) is 1.92. The first-order chi connectivity index (χ1) is 8.74. The van der Waals surface area contributed by atoms with E-state index in [0.29, 0.717) is 12.6 Å². The number of nitrogens with zero attached hydrogens (tertiary/aromatic N) is 3. The predicted octanol–water partition coefficient (Wildman–Crippen LogP) is 0.797. The number of hydrogen-bond donors (Lipinski definition) is 3. The van der Waals surface area contributed by atoms with E-state index in [1.165, 1.54) is 12.8 Å². The van der Waals surface area contributed by atoms with Crippen LogP contribution < -0.4 is 16.6 Å². The zero-order valence-electron chi connectivity index (χ0n) is 10.5. The minimum absolute atomic E-state index is 0.185. The highest BCUT2D eigenvalue weighted by atomic mass is 19.1. The molecule has 1 fully saturated rings. The summed E-state index contributed by atoms with van der Waals surface area (Å²) < 4.78 is 13.4. The molecule has 0 unspecified atom stereocenters. The Bertz CT molecular complexity index is 395. The summed E-state index contributed by atoms with van der Waals surface area (Å²) in [6.07, 6.45) is 3.65. The molecule has 0 spiro atoms. The molecule has 0 aromatic carbocycles. The van der Waals surface area contributed by atoms with E-state index in [1.54, 1.807) is 0 Å². The third kappa shape index (κ3) is 3.27. The van der Waals surface area contributed by atoms with Gasteiger partial charge in [0.1, 0.15) is 0 Å². The van der Waals surface area contributed by atoms with Crippen LogP contribution >= 0.6 is 0 Å². The van der Waals surface area contributed by atoms with Crippen LogP contribution in [0.5, 0.6) is 0 Å². The van der Waals surface area contributed by atoms with Gasteiger partial charge < -0.3 is 5.32 Å². The van der Waals surface area contributed by atoms with E-state index in [2.05, 4.69) is 32.5 Å². The lowest BCUT2D eigenvalue weighted by Crippen LogP contribution is -2.31. The van der Waals surface area contributed by atoms with Crippen molar-refractivity contribution in [3.8, 4) is 0 Å². The van der Waals surface area contributed by atoms with Crippen molar-refractivity contribution < 1.29 is 4.39 Å². The maximum Gasteiger partial charge on any atom is 0.239 e. The van der Waals surface area contributed by atoms with E-state index < -0.39 is 5.82 Å². The molecule has 100 valence electrons. The van der Waals surface area contributed by atoms with Crippen LogP contribution in [0.4, 0.5) is 16.2 Å². The zero-order valence-corrected chi connectivity index (χ0v) is 10.5. The molecule has 2 rings (SSSR count). The van der Waals surface area contributed by atoms with Gasteiger partial charge in [-0.15, -0.1) is 0 Å². The summed E-state index contributed by atoms with van der Waals surface area (Å²) >= 11 is 0. The SMILES string of the molecule is CCN(CCNc1nc(NN)ncc1F)C1CC1. The highest BCUT2D eigenvalue weighted by Crippen LogP contribution is 2.26. The summed E-state index contributed by atoms with van der Waals surface area (Å²) in [5, 5.41) is 2.97. The second kappa shape index (κ2) is 5.92. The average molecular weight is 254 g/mol. The summed E-state index contributed by atoms with van der Waals surface area (Å²) in [7, 11) is 0. The second-order valence-corrected chi connectivity index (χ2v) is 4.32. The summed E-state index contributed by atoms with van der Waals surface area (Å²) in [5.74, 6) is 5.10. The van der Waals surface area contributed by atoms with Crippen LogP contribution in [0.2, 0.25) is 0 Å². The Morgan fingerprint density at radius 3 is 2.94 bits per heavy atom. The van der Waals surface area contributed by atoms with Crippen LogP contribution in [0.25, 0.3) is 0 Å². The molecule has 1 aliphatic carbocycles. The molecule has 1 saturated carbocycles. The maximum absolute atomic E-state index is 13.4. The minimum atomic E-state index is -0.469. The topological polar surface area (TPSA) is 79.1 Å². The fraction of sp³-hybridized carbons (Fsp3) is 0.636. The molecule has 0 bridgehead atoms. The van der Waals surface area contributed by atoms with Crippen molar-refractivity contribution >= 4 is 11.8 Å². The van der Waals surface area contributed by atoms with Gasteiger partial charge in [0, 0.05) is 19.1 Å². The first kappa shape index (κ1) is 13.0. The lowest BCUT2D eigenvalue weighted by molar-refractivity contribution is 0.289. The quantitative estimate of drug-likeness (QED) is 0.493. The van der Waals surface area contributed by atoms with Crippen molar-refractivity contribution in [3.63, 3.8) is 0 Å². The van der Waals surface area contributed by atoms with Crippen molar-refractivity contribution in [3.05, 3.63) is 12.0 Å². The van der Waals surface area contributed by atoms with Crippen molar-refractivity contribution in [2.75, 3.05) is 30.4 Å². The van der Waals surface area contributed by atoms with Gasteiger partial charge in [-0.25, -0.2) is 15.2 Å². The molecule has 1 aliphatic rings. The largest absolute Gasteiger partial charge is 0.366 e. The van der Waals surface area contributed by atoms with Gasteiger partial charge in [0.25, 0.3) is 0 Å². The van der Waals surface area contributed by atoms with E-state index in [0.717, 1.165) is 19.3 Å². The van der Waals surface area contributed by atoms with E-state index in [9.17, 15) is 4.39 Å². The van der Waals surface area contributed by atoms with Gasteiger partial charge in [-0.1, -0.05) is 6.92 Å². The lowest BCUT2D eigenvalue weighted by Gasteiger charge is -2.20. The Hall–Kier alpha value is -1.47. The number of hydrogen-bond acceptors (Lipinski definition) is 6. The van der Waals surface area contributed by atoms with Crippen LogP contribution in [0.1, 0.15) is 19.8 Å². The van der Waals surface area contributed by atoms with Gasteiger partial charge in [0.15, 0.2) is 11.6 Å². The maximum atomic E-state index is 13.4. The highest BCUT2D eigenvalue weighted by Gasteiger charge is 2.27. The first-order valence-electron chi connectivity index (χ1n) is 6.21. The van der Waals surface area contributed by atoms with Crippen LogP contribution in [-0.4, -0.2) is 40.5 Å². The summed E-state index contributed by atoms with van der Waals surface area (Å²) in [5.41, 5.74) is 2.29. The molecular formula is C11H19FN6. The lowest BCUT2D eigenvalue weighted by atomic mass is 10.4. The number of rotatable bonds is 7. The number of anilines is 2. The van der Waals surface area contributed by atoms with Crippen molar-refractivity contribution in [2.45, 2.75) is 25.8 Å². The second-order valence-electron chi connectivity index (χ2n) is 4.32. The predicted molar refractivity (Wildman–Crippen MR) is 68.6 cm³/mol. The van der Waals surface area contributed by atoms with Gasteiger partial charge in [-0.05, 0) is 19.4 Å². The van der Waals surface area contributed by atoms with Gasteiger partial charge in [-0.3, -0.25) is 10.3 Å². The molecule has 0 saturated heterocycles. The molecule has 1 heterocycles. The van der Waals surface area contributed by atoms with Crippen molar-refractivity contribution in [1.82, 2.24) is 14.9 Å². The summed E-state index contributed by atoms with van der Waals surface area (Å²) in [6, 6.07) is 0.716. The Morgan fingerprint density at radius 1 is 1.56 bits per heavy atom. The molecule has 6 nitrogen and oxygen atoms in total. The highest BCUT2D eigenvalue weighted by molar-refractivity contribution is 5.40. The van der Waals surface area contributed by atoms with E-state index in [4.69, 9.17) is 5.84 Å². The molecule has 18 heavy (non-hydrogen) atoms. The van der Waals surface area contributed by atoms with Gasteiger partial charge in [0.05, 0.1) is 6.20 Å². The Kier molecular flexibility index (Phi) is 4.27. The molecule has 0 atom stereocenters. The number of halogens is 1. The first-order valence-corrected chi connectivity index (χ1v) is 6.21. The summed E-state index contributed by atoms with van der Waals surface area (Å²) in [4.78, 5) is 9.99. The molecule has 7 heteroatoms. The standard InChI is InChI=1S/C11H19FN6/c1-2-18(8-3-4-8)6-5-14-10-9(12)7-15-11(16-10)17-13/h7-8H,2-6,13H2,1H3,(H2,14,15,16,17). The molecular weight excluding hydrogens is 235 g/mol. The molecule has 0 radical (unpaired) electrons. The molecule has 1 aromatic rings. The van der Waals surface area contributed by atoms with Gasteiger partial charge in [-0.2, -0.15) is 4.98 Å². The average Bonchev–Trinajstić information content (AvgIpc) is 3.21. The smallest absolute Gasteiger partial charge is 0.239 e. The Balaban J connectivity index is 1.85. The normalized spacial score (nSPS) is 14.9. The molecule has 4 N–H and O–H groups in total. The monoisotopic (exact) mass is 254 g/mol. The number of aromatic nitrogens is 2. The minimum Gasteiger partial charge on any atom is -0.366 e. The van der Waals surface area contributed by atoms with Crippen LogP contribution in [0.3, 0.4) is 0 Å².